The minimum absolute atomic E-state index is 0. The van der Waals surface area contributed by atoms with Crippen LogP contribution in [0.3, 0.4) is 0 Å². The summed E-state index contributed by atoms with van der Waals surface area (Å²) in [6.45, 7) is 8.77. The van der Waals surface area contributed by atoms with Crippen LogP contribution in [-0.2, 0) is 6.42 Å². The van der Waals surface area contributed by atoms with Gasteiger partial charge in [-0.25, -0.2) is 0 Å². The van der Waals surface area contributed by atoms with Gasteiger partial charge in [0.05, 0.1) is 0 Å². The topological polar surface area (TPSA) is 12.0 Å². The monoisotopic (exact) mass is 261 g/mol. The van der Waals surface area contributed by atoms with Crippen molar-refractivity contribution >= 4 is 24.0 Å². The van der Waals surface area contributed by atoms with E-state index in [0.717, 1.165) is 24.5 Å². The number of rotatable bonds is 4. The molecule has 16 heavy (non-hydrogen) atoms. The summed E-state index contributed by atoms with van der Waals surface area (Å²) in [6, 6.07) is 8.06. The van der Waals surface area contributed by atoms with Crippen molar-refractivity contribution in [2.75, 3.05) is 13.1 Å². The van der Waals surface area contributed by atoms with E-state index < -0.39 is 0 Å². The van der Waals surface area contributed by atoms with Crippen LogP contribution in [-0.4, -0.2) is 13.1 Å². The Balaban J connectivity index is 0.00000225. The van der Waals surface area contributed by atoms with E-state index in [1.54, 1.807) is 0 Å². The summed E-state index contributed by atoms with van der Waals surface area (Å²) in [5, 5.41) is 4.27. The van der Waals surface area contributed by atoms with Crippen molar-refractivity contribution in [1.29, 1.82) is 0 Å². The van der Waals surface area contributed by atoms with Gasteiger partial charge in [-0.1, -0.05) is 44.5 Å². The fourth-order valence-corrected chi connectivity index (χ4v) is 1.60. The molecule has 0 aromatic heterocycles. The molecule has 3 heteroatoms. The van der Waals surface area contributed by atoms with Crippen molar-refractivity contribution in [3.8, 4) is 0 Å². The Kier molecular flexibility index (Phi) is 7.05. The van der Waals surface area contributed by atoms with Crippen LogP contribution < -0.4 is 5.32 Å². The Labute approximate surface area is 110 Å². The lowest BCUT2D eigenvalue weighted by molar-refractivity contribution is 0.381. The van der Waals surface area contributed by atoms with Crippen molar-refractivity contribution in [2.24, 2.45) is 5.41 Å². The van der Waals surface area contributed by atoms with Crippen molar-refractivity contribution in [2.45, 2.75) is 27.2 Å². The smallest absolute Gasteiger partial charge is 0.0408 e. The number of benzene rings is 1. The van der Waals surface area contributed by atoms with E-state index in [4.69, 9.17) is 11.6 Å². The zero-order valence-electron chi connectivity index (χ0n) is 10.2. The number of hydrogen-bond acceptors (Lipinski definition) is 1. The molecule has 0 aliphatic heterocycles. The molecule has 0 amide bonds. The molecule has 0 aliphatic carbocycles. The fraction of sp³-hybridized carbons (Fsp3) is 0.538. The summed E-state index contributed by atoms with van der Waals surface area (Å²) < 4.78 is 0. The van der Waals surface area contributed by atoms with Gasteiger partial charge in [0.2, 0.25) is 0 Å². The van der Waals surface area contributed by atoms with E-state index in [1.807, 2.05) is 18.2 Å². The maximum Gasteiger partial charge on any atom is 0.0408 e. The Morgan fingerprint density at radius 1 is 1.25 bits per heavy atom. The molecule has 0 fully saturated rings. The van der Waals surface area contributed by atoms with Gasteiger partial charge < -0.3 is 5.32 Å². The van der Waals surface area contributed by atoms with E-state index in [-0.39, 0.29) is 12.4 Å². The van der Waals surface area contributed by atoms with Crippen LogP contribution in [0.15, 0.2) is 24.3 Å². The summed E-state index contributed by atoms with van der Waals surface area (Å²) in [5.74, 6) is 0. The number of nitrogens with one attached hydrogen (secondary N) is 1. The molecule has 1 rings (SSSR count). The van der Waals surface area contributed by atoms with E-state index in [0.29, 0.717) is 5.41 Å². The highest BCUT2D eigenvalue weighted by atomic mass is 35.5. The summed E-state index contributed by atoms with van der Waals surface area (Å²) >= 11 is 5.91. The molecule has 0 atom stereocenters. The van der Waals surface area contributed by atoms with E-state index in [2.05, 4.69) is 32.2 Å². The Morgan fingerprint density at radius 2 is 1.94 bits per heavy atom. The van der Waals surface area contributed by atoms with Crippen LogP contribution in [0, 0.1) is 5.41 Å². The minimum atomic E-state index is 0. The first-order valence-corrected chi connectivity index (χ1v) is 5.80. The van der Waals surface area contributed by atoms with Gasteiger partial charge in [-0.2, -0.15) is 0 Å². The van der Waals surface area contributed by atoms with Crippen molar-refractivity contribution in [3.63, 3.8) is 0 Å². The van der Waals surface area contributed by atoms with Crippen LogP contribution in [0.1, 0.15) is 26.3 Å². The quantitative estimate of drug-likeness (QED) is 0.810. The molecule has 0 bridgehead atoms. The third-order valence-corrected chi connectivity index (χ3v) is 2.37. The molecule has 1 aromatic rings. The maximum absolute atomic E-state index is 5.91. The van der Waals surface area contributed by atoms with Crippen molar-refractivity contribution in [3.05, 3.63) is 34.9 Å². The second kappa shape index (κ2) is 7.16. The molecule has 92 valence electrons. The van der Waals surface area contributed by atoms with Gasteiger partial charge in [0, 0.05) is 11.6 Å². The Hall–Kier alpha value is -0.240. The highest BCUT2D eigenvalue weighted by Gasteiger charge is 2.08. The molecular weight excluding hydrogens is 241 g/mol. The second-order valence-corrected chi connectivity index (χ2v) is 5.55. The van der Waals surface area contributed by atoms with Crippen LogP contribution >= 0.6 is 24.0 Å². The zero-order valence-corrected chi connectivity index (χ0v) is 11.8. The lowest BCUT2D eigenvalue weighted by Gasteiger charge is -2.18. The SMILES string of the molecule is CC(C)(C)CNCCc1cccc(Cl)c1.Cl. The summed E-state index contributed by atoms with van der Waals surface area (Å²) in [5.41, 5.74) is 1.65. The molecule has 0 radical (unpaired) electrons. The molecule has 1 aromatic carbocycles. The highest BCUT2D eigenvalue weighted by Crippen LogP contribution is 2.12. The van der Waals surface area contributed by atoms with Crippen LogP contribution in [0.4, 0.5) is 0 Å². The normalized spacial score (nSPS) is 11.0. The largest absolute Gasteiger partial charge is 0.316 e. The first kappa shape index (κ1) is 15.8. The minimum Gasteiger partial charge on any atom is -0.316 e. The predicted octanol–water partition coefficient (Wildman–Crippen LogP) is 3.94. The summed E-state index contributed by atoms with van der Waals surface area (Å²) in [6.07, 6.45) is 1.04. The van der Waals surface area contributed by atoms with Crippen LogP contribution in [0.25, 0.3) is 0 Å². The highest BCUT2D eigenvalue weighted by molar-refractivity contribution is 6.30. The molecule has 1 N–H and O–H groups in total. The van der Waals surface area contributed by atoms with E-state index >= 15 is 0 Å². The molecule has 0 saturated carbocycles. The van der Waals surface area contributed by atoms with E-state index in [1.165, 1.54) is 5.56 Å². The van der Waals surface area contributed by atoms with Gasteiger partial charge in [0.1, 0.15) is 0 Å². The molecule has 0 unspecified atom stereocenters. The van der Waals surface area contributed by atoms with Gasteiger partial charge in [0.25, 0.3) is 0 Å². The molecule has 0 heterocycles. The fourth-order valence-electron chi connectivity index (χ4n) is 1.39. The Morgan fingerprint density at radius 3 is 2.50 bits per heavy atom. The number of halogens is 2. The van der Waals surface area contributed by atoms with Gasteiger partial charge in [-0.3, -0.25) is 0 Å². The molecule has 0 aliphatic rings. The van der Waals surface area contributed by atoms with Gasteiger partial charge >= 0.3 is 0 Å². The van der Waals surface area contributed by atoms with E-state index in [9.17, 15) is 0 Å². The van der Waals surface area contributed by atoms with Crippen molar-refractivity contribution < 1.29 is 0 Å². The molecule has 0 saturated heterocycles. The number of hydrogen-bond donors (Lipinski definition) is 1. The van der Waals surface area contributed by atoms with Gasteiger partial charge in [-0.05, 0) is 36.1 Å². The predicted molar refractivity (Wildman–Crippen MR) is 74.7 cm³/mol. The zero-order chi connectivity index (χ0) is 11.3. The standard InChI is InChI=1S/C13H20ClN.ClH/c1-13(2,3)10-15-8-7-11-5-4-6-12(14)9-11;/h4-6,9,15H,7-8,10H2,1-3H3;1H. The third kappa shape index (κ3) is 7.10. The Bertz CT molecular complexity index is 305. The van der Waals surface area contributed by atoms with Crippen LogP contribution in [0.2, 0.25) is 5.02 Å². The third-order valence-electron chi connectivity index (χ3n) is 2.13. The first-order valence-electron chi connectivity index (χ1n) is 5.42. The molecule has 1 nitrogen and oxygen atoms in total. The van der Waals surface area contributed by atoms with Crippen molar-refractivity contribution in [1.82, 2.24) is 5.32 Å². The lowest BCUT2D eigenvalue weighted by atomic mass is 9.97. The average Bonchev–Trinajstić information content (AvgIpc) is 2.11. The summed E-state index contributed by atoms with van der Waals surface area (Å²) in [4.78, 5) is 0. The van der Waals surface area contributed by atoms with Gasteiger partial charge in [0.15, 0.2) is 0 Å². The summed E-state index contributed by atoms with van der Waals surface area (Å²) in [7, 11) is 0. The molecular formula is C13H21Cl2N. The average molecular weight is 262 g/mol. The second-order valence-electron chi connectivity index (χ2n) is 5.12. The van der Waals surface area contributed by atoms with Gasteiger partial charge in [-0.15, -0.1) is 12.4 Å². The lowest BCUT2D eigenvalue weighted by Crippen LogP contribution is -2.28. The first-order chi connectivity index (χ1) is 6.97. The maximum atomic E-state index is 5.91. The van der Waals surface area contributed by atoms with Crippen LogP contribution in [0.5, 0.6) is 0 Å². The molecule has 0 spiro atoms.